The Kier molecular flexibility index (Phi) is 4.54. The van der Waals surface area contributed by atoms with E-state index in [4.69, 9.17) is 14.6 Å². The van der Waals surface area contributed by atoms with E-state index in [1.54, 1.807) is 18.2 Å². The van der Waals surface area contributed by atoms with Gasteiger partial charge in [0.15, 0.2) is 0 Å². The van der Waals surface area contributed by atoms with Gasteiger partial charge in [0.1, 0.15) is 23.7 Å². The number of ether oxygens (including phenoxy) is 2. The number of hydrogen-bond donors (Lipinski definition) is 3. The molecule has 2 unspecified atom stereocenters. The smallest absolute Gasteiger partial charge is 0.128 e. The van der Waals surface area contributed by atoms with Gasteiger partial charge in [-0.3, -0.25) is 0 Å². The van der Waals surface area contributed by atoms with Gasteiger partial charge >= 0.3 is 0 Å². The van der Waals surface area contributed by atoms with Crippen LogP contribution in [0.1, 0.15) is 11.7 Å². The molecule has 1 aromatic carbocycles. The summed E-state index contributed by atoms with van der Waals surface area (Å²) in [5, 5.41) is 28.1. The average molecular weight is 228 g/mol. The van der Waals surface area contributed by atoms with Crippen molar-refractivity contribution in [2.24, 2.45) is 0 Å². The monoisotopic (exact) mass is 228 g/mol. The summed E-state index contributed by atoms with van der Waals surface area (Å²) in [6, 6.07) is 5.00. The summed E-state index contributed by atoms with van der Waals surface area (Å²) in [5.74, 6) is 0.804. The van der Waals surface area contributed by atoms with Gasteiger partial charge in [-0.15, -0.1) is 0 Å². The first-order valence-corrected chi connectivity index (χ1v) is 4.83. The normalized spacial score (nSPS) is 14.3. The van der Waals surface area contributed by atoms with E-state index in [2.05, 4.69) is 0 Å². The molecule has 1 aromatic rings. The van der Waals surface area contributed by atoms with Crippen molar-refractivity contribution in [3.8, 4) is 11.5 Å². The number of benzene rings is 1. The summed E-state index contributed by atoms with van der Waals surface area (Å²) in [5.41, 5.74) is 0.328. The zero-order valence-corrected chi connectivity index (χ0v) is 9.25. The Morgan fingerprint density at radius 3 is 2.00 bits per heavy atom. The van der Waals surface area contributed by atoms with E-state index in [-0.39, 0.29) is 0 Å². The molecule has 0 radical (unpaired) electrons. The van der Waals surface area contributed by atoms with Crippen LogP contribution in [-0.2, 0) is 0 Å². The van der Waals surface area contributed by atoms with Gasteiger partial charge in [0.05, 0.1) is 26.4 Å². The van der Waals surface area contributed by atoms with E-state index in [0.717, 1.165) is 0 Å². The third kappa shape index (κ3) is 2.44. The lowest BCUT2D eigenvalue weighted by Crippen LogP contribution is -2.23. The minimum absolute atomic E-state index is 0.328. The third-order valence-corrected chi connectivity index (χ3v) is 2.31. The molecular formula is C11H16O5. The molecule has 0 amide bonds. The highest BCUT2D eigenvalue weighted by Crippen LogP contribution is 2.35. The Labute approximate surface area is 93.9 Å². The molecule has 0 heterocycles. The van der Waals surface area contributed by atoms with Crippen molar-refractivity contribution < 1.29 is 24.8 Å². The average Bonchev–Trinajstić information content (AvgIpc) is 2.35. The standard InChI is InChI=1S/C11H16O5/c1-15-8-4-3-5-9(16-2)10(8)11(14)7(13)6-12/h3-5,7,11-14H,6H2,1-2H3. The predicted molar refractivity (Wildman–Crippen MR) is 57.6 cm³/mol. The maximum absolute atomic E-state index is 9.84. The maximum Gasteiger partial charge on any atom is 0.128 e. The summed E-state index contributed by atoms with van der Waals surface area (Å²) in [6.07, 6.45) is -2.53. The maximum atomic E-state index is 9.84. The summed E-state index contributed by atoms with van der Waals surface area (Å²) in [7, 11) is 2.91. The lowest BCUT2D eigenvalue weighted by atomic mass is 10.0. The molecule has 90 valence electrons. The van der Waals surface area contributed by atoms with Gasteiger partial charge in [-0.2, -0.15) is 0 Å². The minimum Gasteiger partial charge on any atom is -0.496 e. The van der Waals surface area contributed by atoms with Gasteiger partial charge < -0.3 is 24.8 Å². The Bertz CT molecular complexity index is 317. The van der Waals surface area contributed by atoms with Crippen molar-refractivity contribution in [2.45, 2.75) is 12.2 Å². The SMILES string of the molecule is COc1cccc(OC)c1C(O)C(O)CO. The van der Waals surface area contributed by atoms with E-state index in [9.17, 15) is 10.2 Å². The molecule has 5 heteroatoms. The van der Waals surface area contributed by atoms with E-state index in [1.807, 2.05) is 0 Å². The molecule has 3 N–H and O–H groups in total. The van der Waals surface area contributed by atoms with E-state index >= 15 is 0 Å². The topological polar surface area (TPSA) is 79.2 Å². The van der Waals surface area contributed by atoms with E-state index in [1.165, 1.54) is 14.2 Å². The Morgan fingerprint density at radius 1 is 1.12 bits per heavy atom. The first-order valence-electron chi connectivity index (χ1n) is 4.83. The second-order valence-electron chi connectivity index (χ2n) is 3.27. The number of aliphatic hydroxyl groups excluding tert-OH is 3. The molecule has 0 aromatic heterocycles. The lowest BCUT2D eigenvalue weighted by Gasteiger charge is -2.20. The van der Waals surface area contributed by atoms with Crippen LogP contribution in [0.5, 0.6) is 11.5 Å². The first-order chi connectivity index (χ1) is 7.65. The number of rotatable bonds is 5. The van der Waals surface area contributed by atoms with Crippen LogP contribution in [0.25, 0.3) is 0 Å². The van der Waals surface area contributed by atoms with Crippen molar-refractivity contribution in [1.29, 1.82) is 0 Å². The van der Waals surface area contributed by atoms with Crippen LogP contribution >= 0.6 is 0 Å². The van der Waals surface area contributed by atoms with Gasteiger partial charge in [-0.05, 0) is 12.1 Å². The fraction of sp³-hybridized carbons (Fsp3) is 0.455. The zero-order valence-electron chi connectivity index (χ0n) is 9.25. The highest BCUT2D eigenvalue weighted by atomic mass is 16.5. The largest absolute Gasteiger partial charge is 0.496 e. The van der Waals surface area contributed by atoms with Gasteiger partial charge in [0.2, 0.25) is 0 Å². The molecule has 16 heavy (non-hydrogen) atoms. The van der Waals surface area contributed by atoms with Gasteiger partial charge in [-0.25, -0.2) is 0 Å². The molecule has 0 aliphatic rings. The molecule has 0 saturated heterocycles. The minimum atomic E-state index is -1.27. The van der Waals surface area contributed by atoms with E-state index in [0.29, 0.717) is 17.1 Å². The summed E-state index contributed by atoms with van der Waals surface area (Å²) in [4.78, 5) is 0. The van der Waals surface area contributed by atoms with Crippen molar-refractivity contribution in [3.63, 3.8) is 0 Å². The second kappa shape index (κ2) is 5.69. The summed E-state index contributed by atoms with van der Waals surface area (Å²) >= 11 is 0. The number of aliphatic hydroxyl groups is 3. The molecule has 0 aliphatic carbocycles. The molecule has 0 aliphatic heterocycles. The van der Waals surface area contributed by atoms with Crippen LogP contribution in [0.2, 0.25) is 0 Å². The van der Waals surface area contributed by atoms with Crippen LogP contribution in [0.4, 0.5) is 0 Å². The Hall–Kier alpha value is -1.30. The van der Waals surface area contributed by atoms with Crippen molar-refractivity contribution in [2.75, 3.05) is 20.8 Å². The van der Waals surface area contributed by atoms with Gasteiger partial charge in [0.25, 0.3) is 0 Å². The van der Waals surface area contributed by atoms with Crippen LogP contribution in [0.3, 0.4) is 0 Å². The molecule has 5 nitrogen and oxygen atoms in total. The fourth-order valence-corrected chi connectivity index (χ4v) is 1.46. The highest BCUT2D eigenvalue weighted by Gasteiger charge is 2.24. The van der Waals surface area contributed by atoms with Crippen LogP contribution in [0.15, 0.2) is 18.2 Å². The van der Waals surface area contributed by atoms with Crippen molar-refractivity contribution in [3.05, 3.63) is 23.8 Å². The van der Waals surface area contributed by atoms with Gasteiger partial charge in [0, 0.05) is 0 Å². The molecule has 1 rings (SSSR count). The lowest BCUT2D eigenvalue weighted by molar-refractivity contribution is -0.0172. The van der Waals surface area contributed by atoms with Crippen molar-refractivity contribution in [1.82, 2.24) is 0 Å². The van der Waals surface area contributed by atoms with Gasteiger partial charge in [-0.1, -0.05) is 6.07 Å². The van der Waals surface area contributed by atoms with E-state index < -0.39 is 18.8 Å². The first kappa shape index (κ1) is 12.8. The van der Waals surface area contributed by atoms with Crippen LogP contribution in [-0.4, -0.2) is 42.3 Å². The summed E-state index contributed by atoms with van der Waals surface area (Å²) < 4.78 is 10.1. The molecule has 0 fully saturated rings. The number of hydrogen-bond acceptors (Lipinski definition) is 5. The van der Waals surface area contributed by atoms with Crippen molar-refractivity contribution >= 4 is 0 Å². The molecule has 0 spiro atoms. The quantitative estimate of drug-likeness (QED) is 0.665. The van der Waals surface area contributed by atoms with Crippen LogP contribution < -0.4 is 9.47 Å². The second-order valence-corrected chi connectivity index (χ2v) is 3.27. The molecule has 0 saturated carbocycles. The molecule has 2 atom stereocenters. The zero-order chi connectivity index (χ0) is 12.1. The summed E-state index contributed by atoms with van der Waals surface area (Å²) in [6.45, 7) is -0.539. The fourth-order valence-electron chi connectivity index (χ4n) is 1.46. The molecular weight excluding hydrogens is 212 g/mol. The number of methoxy groups -OCH3 is 2. The van der Waals surface area contributed by atoms with Crippen LogP contribution in [0, 0.1) is 0 Å². The highest BCUT2D eigenvalue weighted by molar-refractivity contribution is 5.46. The molecule has 0 bridgehead atoms. The Morgan fingerprint density at radius 2 is 1.62 bits per heavy atom. The third-order valence-electron chi connectivity index (χ3n) is 2.31. The predicted octanol–water partition coefficient (Wildman–Crippen LogP) is 0.0904. The Balaban J connectivity index is 3.17.